The Balaban J connectivity index is 1.33. The number of hydrogen-bond acceptors (Lipinski definition) is 2. The molecule has 4 aromatic rings. The van der Waals surface area contributed by atoms with E-state index >= 15 is 0 Å². The van der Waals surface area contributed by atoms with Crippen LogP contribution in [0.25, 0.3) is 21.8 Å². The van der Waals surface area contributed by atoms with E-state index in [9.17, 15) is 4.79 Å². The molecule has 1 atom stereocenters. The van der Waals surface area contributed by atoms with Gasteiger partial charge in [-0.3, -0.25) is 4.79 Å². The van der Waals surface area contributed by atoms with Gasteiger partial charge in [0.05, 0.1) is 11.0 Å². The number of likely N-dealkylation sites (tertiary alicyclic amines) is 1. The average molecular weight is 381 g/mol. The van der Waals surface area contributed by atoms with E-state index in [2.05, 4.69) is 35.3 Å². The molecule has 2 aliphatic rings. The van der Waals surface area contributed by atoms with Crippen LogP contribution in [-0.2, 0) is 12.8 Å². The van der Waals surface area contributed by atoms with Gasteiger partial charge in [0.25, 0.3) is 5.91 Å². The molecule has 1 amide bonds. The Kier molecular flexibility index (Phi) is 3.73. The first-order chi connectivity index (χ1) is 14.3. The smallest absolute Gasteiger partial charge is 0.254 e. The Morgan fingerprint density at radius 3 is 2.76 bits per heavy atom. The van der Waals surface area contributed by atoms with Gasteiger partial charge in [0.15, 0.2) is 0 Å². The van der Waals surface area contributed by atoms with Crippen LogP contribution in [0.4, 0.5) is 0 Å². The number of piperidine rings is 1. The molecular weight excluding hydrogens is 358 g/mol. The monoisotopic (exact) mass is 381 g/mol. The molecule has 144 valence electrons. The molecule has 29 heavy (non-hydrogen) atoms. The fraction of sp³-hybridized carbons (Fsp3) is 0.280. The molecule has 1 fully saturated rings. The number of amides is 1. The van der Waals surface area contributed by atoms with Crippen molar-refractivity contribution in [2.24, 2.45) is 0 Å². The predicted molar refractivity (Wildman–Crippen MR) is 115 cm³/mol. The molecule has 0 radical (unpaired) electrons. The fourth-order valence-electron chi connectivity index (χ4n) is 5.15. The number of aromatic amines is 1. The van der Waals surface area contributed by atoms with Crippen LogP contribution in [0.1, 0.15) is 46.1 Å². The van der Waals surface area contributed by atoms with Gasteiger partial charge >= 0.3 is 0 Å². The Morgan fingerprint density at radius 2 is 1.86 bits per heavy atom. The summed E-state index contributed by atoms with van der Waals surface area (Å²) in [5.74, 6) is 1.42. The molecule has 1 aliphatic heterocycles. The van der Waals surface area contributed by atoms with Gasteiger partial charge in [-0.25, -0.2) is 4.98 Å². The summed E-state index contributed by atoms with van der Waals surface area (Å²) in [6.45, 7) is 1.54. The molecule has 1 aromatic heterocycles. The number of para-hydroxylation sites is 2. The molecule has 4 nitrogen and oxygen atoms in total. The minimum absolute atomic E-state index is 0.154. The lowest BCUT2D eigenvalue weighted by Gasteiger charge is -2.32. The van der Waals surface area contributed by atoms with Crippen molar-refractivity contribution in [3.05, 3.63) is 77.1 Å². The quantitative estimate of drug-likeness (QED) is 0.540. The van der Waals surface area contributed by atoms with E-state index in [1.807, 2.05) is 29.2 Å². The maximum Gasteiger partial charge on any atom is 0.254 e. The molecule has 0 spiro atoms. The topological polar surface area (TPSA) is 49.0 Å². The number of nitrogens with one attached hydrogen (secondary N) is 1. The van der Waals surface area contributed by atoms with E-state index < -0.39 is 0 Å². The third-order valence-electron chi connectivity index (χ3n) is 6.61. The van der Waals surface area contributed by atoms with E-state index in [1.165, 1.54) is 16.5 Å². The standard InChI is InChI=1S/C25H23N3O/c29-25(20-13-12-17-11-10-16-5-3-7-19(20)23(16)17)28-14-4-6-18(15-28)24-26-21-8-1-2-9-22(21)27-24/h1-3,5,7-9,12-13,18H,4,6,10-11,14-15H2,(H,26,27). The summed E-state index contributed by atoms with van der Waals surface area (Å²) in [4.78, 5) is 23.8. The van der Waals surface area contributed by atoms with Crippen molar-refractivity contribution in [2.75, 3.05) is 13.1 Å². The normalized spacial score (nSPS) is 18.6. The minimum Gasteiger partial charge on any atom is -0.342 e. The molecule has 6 rings (SSSR count). The molecule has 2 heterocycles. The molecule has 1 aliphatic carbocycles. The van der Waals surface area contributed by atoms with Crippen LogP contribution < -0.4 is 0 Å². The van der Waals surface area contributed by atoms with Crippen molar-refractivity contribution in [1.82, 2.24) is 14.9 Å². The molecule has 0 bridgehead atoms. The predicted octanol–water partition coefficient (Wildman–Crippen LogP) is 4.83. The van der Waals surface area contributed by atoms with E-state index in [1.54, 1.807) is 0 Å². The van der Waals surface area contributed by atoms with Crippen LogP contribution in [0, 0.1) is 0 Å². The van der Waals surface area contributed by atoms with Crippen LogP contribution in [0.3, 0.4) is 0 Å². The van der Waals surface area contributed by atoms with E-state index in [0.717, 1.165) is 66.6 Å². The highest BCUT2D eigenvalue weighted by atomic mass is 16.2. The number of fused-ring (bicyclic) bond motifs is 1. The second-order valence-electron chi connectivity index (χ2n) is 8.34. The first kappa shape index (κ1) is 16.8. The number of hydrogen-bond donors (Lipinski definition) is 1. The van der Waals surface area contributed by atoms with Crippen LogP contribution >= 0.6 is 0 Å². The highest BCUT2D eigenvalue weighted by Gasteiger charge is 2.29. The summed E-state index contributed by atoms with van der Waals surface area (Å²) in [7, 11) is 0. The number of nitrogens with zero attached hydrogens (tertiary/aromatic N) is 2. The molecule has 1 saturated heterocycles. The number of imidazole rings is 1. The molecule has 1 N–H and O–H groups in total. The maximum atomic E-state index is 13.5. The van der Waals surface area contributed by atoms with Crippen molar-refractivity contribution < 1.29 is 4.79 Å². The Bertz CT molecular complexity index is 1210. The third-order valence-corrected chi connectivity index (χ3v) is 6.61. The lowest BCUT2D eigenvalue weighted by molar-refractivity contribution is 0.0707. The van der Waals surface area contributed by atoms with Gasteiger partial charge < -0.3 is 9.88 Å². The fourth-order valence-corrected chi connectivity index (χ4v) is 5.15. The van der Waals surface area contributed by atoms with Gasteiger partial charge in [-0.2, -0.15) is 0 Å². The van der Waals surface area contributed by atoms with Gasteiger partial charge in [0.1, 0.15) is 5.82 Å². The van der Waals surface area contributed by atoms with E-state index in [4.69, 9.17) is 4.98 Å². The number of benzene rings is 3. The van der Waals surface area contributed by atoms with Crippen LogP contribution in [0.5, 0.6) is 0 Å². The number of H-pyrrole nitrogens is 1. The van der Waals surface area contributed by atoms with Crippen molar-refractivity contribution in [2.45, 2.75) is 31.6 Å². The first-order valence-electron chi connectivity index (χ1n) is 10.6. The lowest BCUT2D eigenvalue weighted by Crippen LogP contribution is -2.39. The van der Waals surface area contributed by atoms with Crippen LogP contribution in [0.2, 0.25) is 0 Å². The van der Waals surface area contributed by atoms with Gasteiger partial charge in [-0.1, -0.05) is 36.4 Å². The number of carbonyl (C=O) groups excluding carboxylic acids is 1. The Labute approximate surface area is 169 Å². The van der Waals surface area contributed by atoms with Crippen LogP contribution in [-0.4, -0.2) is 33.9 Å². The molecule has 0 saturated carbocycles. The Morgan fingerprint density at radius 1 is 1.00 bits per heavy atom. The average Bonchev–Trinajstić information content (AvgIpc) is 3.39. The minimum atomic E-state index is 0.154. The maximum absolute atomic E-state index is 13.5. The van der Waals surface area contributed by atoms with Gasteiger partial charge in [-0.05, 0) is 65.8 Å². The van der Waals surface area contributed by atoms with E-state index in [-0.39, 0.29) is 11.8 Å². The molecule has 4 heteroatoms. The molecule has 1 unspecified atom stereocenters. The van der Waals surface area contributed by atoms with Gasteiger partial charge in [-0.15, -0.1) is 0 Å². The number of aryl methyl sites for hydroxylation is 2. The zero-order valence-corrected chi connectivity index (χ0v) is 16.3. The Hall–Kier alpha value is -3.14. The third kappa shape index (κ3) is 2.66. The SMILES string of the molecule is O=C(c1ccc2c3c(cccc13)CC2)N1CCCC(c2nc3ccccc3[nH]2)C1. The lowest BCUT2D eigenvalue weighted by atomic mass is 9.95. The summed E-state index contributed by atoms with van der Waals surface area (Å²) in [5.41, 5.74) is 5.67. The zero-order chi connectivity index (χ0) is 19.4. The summed E-state index contributed by atoms with van der Waals surface area (Å²) in [6, 6.07) is 18.7. The number of carbonyl (C=O) groups is 1. The largest absolute Gasteiger partial charge is 0.342 e. The first-order valence-corrected chi connectivity index (χ1v) is 10.6. The molecule has 3 aromatic carbocycles. The van der Waals surface area contributed by atoms with Crippen molar-refractivity contribution in [3.63, 3.8) is 0 Å². The summed E-state index contributed by atoms with van der Waals surface area (Å²) in [6.07, 6.45) is 4.24. The second-order valence-corrected chi connectivity index (χ2v) is 8.34. The van der Waals surface area contributed by atoms with Crippen molar-refractivity contribution in [1.29, 1.82) is 0 Å². The van der Waals surface area contributed by atoms with Gasteiger partial charge in [0, 0.05) is 24.6 Å². The van der Waals surface area contributed by atoms with Crippen molar-refractivity contribution in [3.8, 4) is 0 Å². The zero-order valence-electron chi connectivity index (χ0n) is 16.3. The van der Waals surface area contributed by atoms with E-state index in [0.29, 0.717) is 0 Å². The second kappa shape index (κ2) is 6.45. The van der Waals surface area contributed by atoms with Crippen molar-refractivity contribution >= 4 is 27.7 Å². The van der Waals surface area contributed by atoms with Gasteiger partial charge in [0.2, 0.25) is 0 Å². The highest BCUT2D eigenvalue weighted by Crippen LogP contribution is 2.34. The molecular formula is C25H23N3O. The number of rotatable bonds is 2. The summed E-state index contributed by atoms with van der Waals surface area (Å²) in [5, 5.41) is 2.43. The highest BCUT2D eigenvalue weighted by molar-refractivity contribution is 6.09. The van der Waals surface area contributed by atoms with Crippen LogP contribution in [0.15, 0.2) is 54.6 Å². The summed E-state index contributed by atoms with van der Waals surface area (Å²) < 4.78 is 0. The summed E-state index contributed by atoms with van der Waals surface area (Å²) >= 11 is 0. The number of aromatic nitrogens is 2.